The van der Waals surface area contributed by atoms with E-state index in [0.29, 0.717) is 6.54 Å². The van der Waals surface area contributed by atoms with Gasteiger partial charge in [-0.15, -0.1) is 10.2 Å². The van der Waals surface area contributed by atoms with Crippen LogP contribution in [0.25, 0.3) is 11.3 Å². The molecule has 6 nitrogen and oxygen atoms in total. The maximum absolute atomic E-state index is 11.8. The van der Waals surface area contributed by atoms with Gasteiger partial charge in [-0.3, -0.25) is 9.89 Å². The highest BCUT2D eigenvalue weighted by Crippen LogP contribution is 2.17. The zero-order chi connectivity index (χ0) is 14.7. The van der Waals surface area contributed by atoms with E-state index in [4.69, 9.17) is 11.6 Å². The zero-order valence-corrected chi connectivity index (χ0v) is 12.3. The van der Waals surface area contributed by atoms with Crippen LogP contribution in [0.3, 0.4) is 0 Å². The van der Waals surface area contributed by atoms with Gasteiger partial charge in [0, 0.05) is 12.7 Å². The monoisotopic (exact) mass is 319 g/mol. The fourth-order valence-electron chi connectivity index (χ4n) is 1.77. The lowest BCUT2D eigenvalue weighted by atomic mass is 10.1. The first-order valence-electron chi connectivity index (χ1n) is 6.08. The molecule has 1 amide bonds. The van der Waals surface area contributed by atoms with Crippen LogP contribution in [0.15, 0.2) is 36.5 Å². The molecule has 0 saturated carbocycles. The van der Waals surface area contributed by atoms with Crippen LogP contribution in [0.4, 0.5) is 0 Å². The molecule has 2 heterocycles. The first-order valence-corrected chi connectivity index (χ1v) is 7.28. The summed E-state index contributed by atoms with van der Waals surface area (Å²) in [6, 6.07) is 9.73. The smallest absolute Gasteiger partial charge is 0.282 e. The number of carbonyl (C=O) groups is 1. The number of aromatic amines is 1. The minimum atomic E-state index is -0.281. The number of rotatable bonds is 4. The van der Waals surface area contributed by atoms with Gasteiger partial charge in [0.2, 0.25) is 9.47 Å². The van der Waals surface area contributed by atoms with Crippen molar-refractivity contribution in [3.8, 4) is 11.3 Å². The average molecular weight is 320 g/mol. The van der Waals surface area contributed by atoms with Crippen LogP contribution in [0.2, 0.25) is 4.47 Å². The second-order valence-corrected chi connectivity index (χ2v) is 5.77. The maximum Gasteiger partial charge on any atom is 0.282 e. The van der Waals surface area contributed by atoms with E-state index in [2.05, 4.69) is 25.7 Å². The van der Waals surface area contributed by atoms with Gasteiger partial charge in [-0.25, -0.2) is 0 Å². The number of H-pyrrole nitrogens is 1. The van der Waals surface area contributed by atoms with Gasteiger partial charge in [-0.2, -0.15) is 5.10 Å². The molecule has 8 heteroatoms. The quantitative estimate of drug-likeness (QED) is 0.774. The SMILES string of the molecule is O=C(NCc1ccc(-c2ccn[nH]2)cc1)c1nnc(Cl)s1. The molecule has 2 N–H and O–H groups in total. The van der Waals surface area contributed by atoms with Crippen molar-refractivity contribution in [2.75, 3.05) is 0 Å². The summed E-state index contributed by atoms with van der Waals surface area (Å²) >= 11 is 6.70. The van der Waals surface area contributed by atoms with Gasteiger partial charge >= 0.3 is 0 Å². The summed E-state index contributed by atoms with van der Waals surface area (Å²) in [5, 5.41) is 17.1. The Morgan fingerprint density at radius 2 is 2.05 bits per heavy atom. The number of amides is 1. The van der Waals surface area contributed by atoms with Crippen molar-refractivity contribution in [1.82, 2.24) is 25.7 Å². The number of nitrogens with zero attached hydrogens (tertiary/aromatic N) is 3. The van der Waals surface area contributed by atoms with E-state index in [-0.39, 0.29) is 15.4 Å². The lowest BCUT2D eigenvalue weighted by molar-refractivity contribution is 0.0950. The predicted molar refractivity (Wildman–Crippen MR) is 80.1 cm³/mol. The van der Waals surface area contributed by atoms with E-state index in [9.17, 15) is 4.79 Å². The van der Waals surface area contributed by atoms with Crippen molar-refractivity contribution in [3.63, 3.8) is 0 Å². The zero-order valence-electron chi connectivity index (χ0n) is 10.7. The molecule has 21 heavy (non-hydrogen) atoms. The maximum atomic E-state index is 11.8. The number of nitrogens with one attached hydrogen (secondary N) is 2. The molecule has 0 radical (unpaired) electrons. The summed E-state index contributed by atoms with van der Waals surface area (Å²) in [5.41, 5.74) is 2.98. The van der Waals surface area contributed by atoms with Gasteiger partial charge in [0.15, 0.2) is 0 Å². The topological polar surface area (TPSA) is 83.6 Å². The normalized spacial score (nSPS) is 10.5. The third-order valence-corrected chi connectivity index (χ3v) is 3.83. The van der Waals surface area contributed by atoms with Gasteiger partial charge < -0.3 is 5.32 Å². The summed E-state index contributed by atoms with van der Waals surface area (Å²) in [4.78, 5) is 11.8. The highest BCUT2D eigenvalue weighted by molar-refractivity contribution is 7.17. The van der Waals surface area contributed by atoms with Gasteiger partial charge in [0.1, 0.15) is 0 Å². The number of halogens is 1. The van der Waals surface area contributed by atoms with E-state index >= 15 is 0 Å². The largest absolute Gasteiger partial charge is 0.346 e. The summed E-state index contributed by atoms with van der Waals surface area (Å²) in [6.45, 7) is 0.416. The van der Waals surface area contributed by atoms with Crippen LogP contribution in [-0.2, 0) is 6.54 Å². The van der Waals surface area contributed by atoms with Crippen molar-refractivity contribution in [1.29, 1.82) is 0 Å². The van der Waals surface area contributed by atoms with Gasteiger partial charge in [0.05, 0.1) is 5.69 Å². The van der Waals surface area contributed by atoms with Crippen LogP contribution in [0, 0.1) is 0 Å². The molecule has 0 aliphatic carbocycles. The van der Waals surface area contributed by atoms with Crippen LogP contribution in [-0.4, -0.2) is 26.3 Å². The van der Waals surface area contributed by atoms with E-state index in [0.717, 1.165) is 28.2 Å². The van der Waals surface area contributed by atoms with Crippen molar-refractivity contribution < 1.29 is 4.79 Å². The lowest BCUT2D eigenvalue weighted by Gasteiger charge is -2.04. The molecular formula is C13H10ClN5OS. The molecule has 0 aliphatic rings. The molecule has 106 valence electrons. The fourth-order valence-corrected chi connectivity index (χ4v) is 2.52. The average Bonchev–Trinajstić information content (AvgIpc) is 3.16. The Morgan fingerprint density at radius 1 is 1.24 bits per heavy atom. The summed E-state index contributed by atoms with van der Waals surface area (Å²) in [6.07, 6.45) is 1.71. The third-order valence-electron chi connectivity index (χ3n) is 2.81. The first-order chi connectivity index (χ1) is 10.2. The minimum Gasteiger partial charge on any atom is -0.346 e. The summed E-state index contributed by atoms with van der Waals surface area (Å²) in [7, 11) is 0. The second-order valence-electron chi connectivity index (χ2n) is 4.21. The highest BCUT2D eigenvalue weighted by atomic mass is 35.5. The number of aromatic nitrogens is 4. The Kier molecular flexibility index (Phi) is 3.94. The minimum absolute atomic E-state index is 0.254. The van der Waals surface area contributed by atoms with Crippen LogP contribution in [0.1, 0.15) is 15.4 Å². The molecule has 3 aromatic rings. The molecule has 0 saturated heterocycles. The molecule has 0 unspecified atom stereocenters. The van der Waals surface area contributed by atoms with E-state index in [1.807, 2.05) is 30.3 Å². The Bertz CT molecular complexity index is 738. The number of carbonyl (C=O) groups excluding carboxylic acids is 1. The van der Waals surface area contributed by atoms with Crippen LogP contribution < -0.4 is 5.32 Å². The Hall–Kier alpha value is -2.25. The van der Waals surface area contributed by atoms with Gasteiger partial charge in [-0.05, 0) is 28.8 Å². The van der Waals surface area contributed by atoms with Crippen molar-refractivity contribution >= 4 is 28.8 Å². The molecule has 0 spiro atoms. The highest BCUT2D eigenvalue weighted by Gasteiger charge is 2.11. The fraction of sp³-hybridized carbons (Fsp3) is 0.0769. The van der Waals surface area contributed by atoms with E-state index in [1.54, 1.807) is 6.20 Å². The second kappa shape index (κ2) is 6.02. The summed E-state index contributed by atoms with van der Waals surface area (Å²) in [5.74, 6) is -0.281. The molecule has 1 aromatic carbocycles. The summed E-state index contributed by atoms with van der Waals surface area (Å²) < 4.78 is 0.254. The van der Waals surface area contributed by atoms with Crippen LogP contribution >= 0.6 is 22.9 Å². The third kappa shape index (κ3) is 3.26. The van der Waals surface area contributed by atoms with Crippen molar-refractivity contribution in [2.45, 2.75) is 6.54 Å². The number of hydrogen-bond acceptors (Lipinski definition) is 5. The Morgan fingerprint density at radius 3 is 2.67 bits per heavy atom. The van der Waals surface area contributed by atoms with E-state index in [1.165, 1.54) is 0 Å². The lowest BCUT2D eigenvalue weighted by Crippen LogP contribution is -2.22. The van der Waals surface area contributed by atoms with Crippen molar-refractivity contribution in [2.24, 2.45) is 0 Å². The molecule has 0 atom stereocenters. The standard InChI is InChI=1S/C13H10ClN5OS/c14-13-19-18-12(21-13)11(20)15-7-8-1-3-9(4-2-8)10-5-6-16-17-10/h1-6H,7H2,(H,15,20)(H,16,17). The van der Waals surface area contributed by atoms with Crippen molar-refractivity contribution in [3.05, 3.63) is 51.6 Å². The van der Waals surface area contributed by atoms with E-state index < -0.39 is 0 Å². The number of hydrogen-bond donors (Lipinski definition) is 2. The van der Waals surface area contributed by atoms with Gasteiger partial charge in [0.25, 0.3) is 5.91 Å². The molecule has 0 bridgehead atoms. The Balaban J connectivity index is 1.62. The Labute approximate surface area is 129 Å². The molecule has 0 aliphatic heterocycles. The number of benzene rings is 1. The van der Waals surface area contributed by atoms with Crippen LogP contribution in [0.5, 0.6) is 0 Å². The predicted octanol–water partition coefficient (Wildman–Crippen LogP) is 2.51. The van der Waals surface area contributed by atoms with Gasteiger partial charge in [-0.1, -0.05) is 35.6 Å². The molecule has 3 rings (SSSR count). The molecule has 2 aromatic heterocycles. The molecule has 0 fully saturated rings. The molecular weight excluding hydrogens is 310 g/mol. The first kappa shape index (κ1) is 13.7.